The monoisotopic (exact) mass is 348 g/mol. The maximum absolute atomic E-state index is 2.35. The second kappa shape index (κ2) is 7.25. The number of fused-ring (bicyclic) bond motifs is 6. The summed E-state index contributed by atoms with van der Waals surface area (Å²) in [6.07, 6.45) is 0. The molecule has 0 amide bonds. The van der Waals surface area contributed by atoms with Crippen molar-refractivity contribution >= 4 is 32.3 Å². The van der Waals surface area contributed by atoms with Crippen molar-refractivity contribution in [2.45, 2.75) is 20.8 Å². The van der Waals surface area contributed by atoms with E-state index in [4.69, 9.17) is 0 Å². The molecule has 0 aromatic heterocycles. The van der Waals surface area contributed by atoms with Crippen molar-refractivity contribution in [3.05, 3.63) is 96.6 Å². The number of benzene rings is 5. The van der Waals surface area contributed by atoms with Gasteiger partial charge in [0.05, 0.1) is 0 Å². The van der Waals surface area contributed by atoms with E-state index in [1.807, 2.05) is 13.8 Å². The normalized spacial score (nSPS) is 10.8. The van der Waals surface area contributed by atoms with Gasteiger partial charge in [-0.25, -0.2) is 0 Å². The van der Waals surface area contributed by atoms with E-state index in [2.05, 4.69) is 97.9 Å². The van der Waals surface area contributed by atoms with Crippen molar-refractivity contribution in [3.8, 4) is 11.1 Å². The van der Waals surface area contributed by atoms with E-state index in [-0.39, 0.29) is 0 Å². The summed E-state index contributed by atoms with van der Waals surface area (Å²) >= 11 is 0. The standard InChI is InChI=1S/C25H18.C2H6/c1-17-7-6-8-18(15-17)19-13-14-24-22-11-3-2-9-20(22)21-10-4-5-12-23(21)25(24)16-19;1-2/h2-16H,1H3;1-2H3. The molecule has 0 fully saturated rings. The fraction of sp³-hybridized carbons (Fsp3) is 0.111. The van der Waals surface area contributed by atoms with E-state index < -0.39 is 0 Å². The summed E-state index contributed by atoms with van der Waals surface area (Å²) in [6, 6.07) is 33.1. The topological polar surface area (TPSA) is 0 Å². The van der Waals surface area contributed by atoms with Gasteiger partial charge in [-0.2, -0.15) is 0 Å². The summed E-state index contributed by atoms with van der Waals surface area (Å²) < 4.78 is 0. The van der Waals surface area contributed by atoms with Gasteiger partial charge >= 0.3 is 0 Å². The van der Waals surface area contributed by atoms with Crippen LogP contribution < -0.4 is 0 Å². The first-order chi connectivity index (χ1) is 13.3. The van der Waals surface area contributed by atoms with Crippen LogP contribution in [0.1, 0.15) is 19.4 Å². The lowest BCUT2D eigenvalue weighted by Crippen LogP contribution is -1.85. The van der Waals surface area contributed by atoms with Crippen molar-refractivity contribution in [1.29, 1.82) is 0 Å². The lowest BCUT2D eigenvalue weighted by molar-refractivity contribution is 1.47. The molecule has 0 heterocycles. The van der Waals surface area contributed by atoms with Crippen LogP contribution in [0, 0.1) is 6.92 Å². The molecule has 0 heteroatoms. The Hall–Kier alpha value is -3.12. The van der Waals surface area contributed by atoms with Gasteiger partial charge in [-0.05, 0) is 56.4 Å². The highest BCUT2D eigenvalue weighted by molar-refractivity contribution is 6.25. The molecule has 0 bridgehead atoms. The lowest BCUT2D eigenvalue weighted by Gasteiger charge is -2.12. The Bertz CT molecular complexity index is 1210. The predicted molar refractivity (Wildman–Crippen MR) is 120 cm³/mol. The zero-order valence-corrected chi connectivity index (χ0v) is 16.2. The number of hydrogen-bond acceptors (Lipinski definition) is 0. The average molecular weight is 348 g/mol. The van der Waals surface area contributed by atoms with Crippen molar-refractivity contribution in [3.63, 3.8) is 0 Å². The lowest BCUT2D eigenvalue weighted by atomic mass is 9.92. The Kier molecular flexibility index (Phi) is 4.64. The van der Waals surface area contributed by atoms with Gasteiger partial charge in [-0.1, -0.05) is 104 Å². The number of aryl methyl sites for hydroxylation is 1. The Labute approximate surface area is 161 Å². The molecule has 0 aliphatic heterocycles. The van der Waals surface area contributed by atoms with Crippen LogP contribution in [-0.2, 0) is 0 Å². The third kappa shape index (κ3) is 2.98. The number of rotatable bonds is 1. The van der Waals surface area contributed by atoms with E-state index >= 15 is 0 Å². The van der Waals surface area contributed by atoms with Crippen LogP contribution in [0.5, 0.6) is 0 Å². The maximum Gasteiger partial charge on any atom is -0.00928 e. The number of hydrogen-bond donors (Lipinski definition) is 0. The predicted octanol–water partition coefficient (Wildman–Crippen LogP) is 8.15. The maximum atomic E-state index is 2.35. The molecule has 0 saturated carbocycles. The van der Waals surface area contributed by atoms with Gasteiger partial charge in [-0.3, -0.25) is 0 Å². The highest BCUT2D eigenvalue weighted by Gasteiger charge is 2.09. The van der Waals surface area contributed by atoms with Crippen LogP contribution in [0.2, 0.25) is 0 Å². The van der Waals surface area contributed by atoms with Crippen LogP contribution >= 0.6 is 0 Å². The molecule has 0 radical (unpaired) electrons. The van der Waals surface area contributed by atoms with E-state index in [1.165, 1.54) is 49.0 Å². The van der Waals surface area contributed by atoms with Gasteiger partial charge < -0.3 is 0 Å². The van der Waals surface area contributed by atoms with Gasteiger partial charge in [0.1, 0.15) is 0 Å². The Morgan fingerprint density at radius 3 is 1.44 bits per heavy atom. The molecule has 0 aliphatic rings. The van der Waals surface area contributed by atoms with Crippen molar-refractivity contribution in [2.75, 3.05) is 0 Å². The van der Waals surface area contributed by atoms with Gasteiger partial charge in [0, 0.05) is 0 Å². The van der Waals surface area contributed by atoms with Crippen LogP contribution in [0.3, 0.4) is 0 Å². The molecule has 0 nitrogen and oxygen atoms in total. The quantitative estimate of drug-likeness (QED) is 0.268. The third-order valence-corrected chi connectivity index (χ3v) is 5.10. The van der Waals surface area contributed by atoms with E-state index in [1.54, 1.807) is 0 Å². The smallest absolute Gasteiger partial charge is 0.00928 e. The van der Waals surface area contributed by atoms with Crippen LogP contribution in [0.25, 0.3) is 43.4 Å². The summed E-state index contributed by atoms with van der Waals surface area (Å²) in [5.41, 5.74) is 3.84. The third-order valence-electron chi connectivity index (χ3n) is 5.10. The summed E-state index contributed by atoms with van der Waals surface area (Å²) in [7, 11) is 0. The van der Waals surface area contributed by atoms with Crippen molar-refractivity contribution < 1.29 is 0 Å². The summed E-state index contributed by atoms with van der Waals surface area (Å²) in [5.74, 6) is 0. The molecule has 5 aromatic rings. The molecular weight excluding hydrogens is 324 g/mol. The van der Waals surface area contributed by atoms with Crippen LogP contribution in [-0.4, -0.2) is 0 Å². The molecule has 0 atom stereocenters. The van der Waals surface area contributed by atoms with Gasteiger partial charge in [0.2, 0.25) is 0 Å². The summed E-state index contributed by atoms with van der Waals surface area (Å²) in [4.78, 5) is 0. The Morgan fingerprint density at radius 2 is 0.889 bits per heavy atom. The molecule has 5 aromatic carbocycles. The fourth-order valence-corrected chi connectivity index (χ4v) is 3.91. The fourth-order valence-electron chi connectivity index (χ4n) is 3.91. The highest BCUT2D eigenvalue weighted by Crippen LogP contribution is 2.36. The largest absolute Gasteiger partial charge is 0.0683 e. The van der Waals surface area contributed by atoms with E-state index in [9.17, 15) is 0 Å². The van der Waals surface area contributed by atoms with Gasteiger partial charge in [0.25, 0.3) is 0 Å². The average Bonchev–Trinajstić information content (AvgIpc) is 2.75. The molecule has 132 valence electrons. The first kappa shape index (κ1) is 17.3. The zero-order valence-electron chi connectivity index (χ0n) is 16.2. The molecule has 0 N–H and O–H groups in total. The molecule has 0 saturated heterocycles. The highest BCUT2D eigenvalue weighted by atomic mass is 14.1. The molecule has 5 rings (SSSR count). The molecule has 27 heavy (non-hydrogen) atoms. The molecule has 0 spiro atoms. The second-order valence-corrected chi connectivity index (χ2v) is 6.72. The minimum Gasteiger partial charge on any atom is -0.0683 e. The Balaban J connectivity index is 0.000000872. The van der Waals surface area contributed by atoms with Crippen molar-refractivity contribution in [2.24, 2.45) is 0 Å². The zero-order chi connectivity index (χ0) is 18.8. The second-order valence-electron chi connectivity index (χ2n) is 6.72. The molecular formula is C27H24. The molecule has 0 unspecified atom stereocenters. The van der Waals surface area contributed by atoms with Crippen LogP contribution in [0.15, 0.2) is 91.0 Å². The SMILES string of the molecule is CC.Cc1cccc(-c2ccc3c4ccccc4c4ccccc4c3c2)c1. The summed E-state index contributed by atoms with van der Waals surface area (Å²) in [5, 5.41) is 7.96. The van der Waals surface area contributed by atoms with Crippen molar-refractivity contribution in [1.82, 2.24) is 0 Å². The summed E-state index contributed by atoms with van der Waals surface area (Å²) in [6.45, 7) is 6.15. The Morgan fingerprint density at radius 1 is 0.407 bits per heavy atom. The first-order valence-electron chi connectivity index (χ1n) is 9.71. The molecule has 0 aliphatic carbocycles. The van der Waals surface area contributed by atoms with Gasteiger partial charge in [0.15, 0.2) is 0 Å². The minimum atomic E-state index is 1.27. The minimum absolute atomic E-state index is 1.27. The van der Waals surface area contributed by atoms with Gasteiger partial charge in [-0.15, -0.1) is 0 Å². The van der Waals surface area contributed by atoms with Crippen LogP contribution in [0.4, 0.5) is 0 Å². The van der Waals surface area contributed by atoms with E-state index in [0.717, 1.165) is 0 Å². The van der Waals surface area contributed by atoms with E-state index in [0.29, 0.717) is 0 Å². The first-order valence-corrected chi connectivity index (χ1v) is 9.71.